The number of carbonyl (C=O) groups is 2. The molecule has 24 heavy (non-hydrogen) atoms. The van der Waals surface area contributed by atoms with Crippen molar-refractivity contribution >= 4 is 17.8 Å². The fourth-order valence-corrected chi connectivity index (χ4v) is 3.14. The molecule has 0 radical (unpaired) electrons. The lowest BCUT2D eigenvalue weighted by Crippen LogP contribution is -2.39. The van der Waals surface area contributed by atoms with E-state index in [0.717, 1.165) is 5.56 Å². The number of hydrogen-bond donors (Lipinski definition) is 2. The summed E-state index contributed by atoms with van der Waals surface area (Å²) in [4.78, 5) is 30.1. The van der Waals surface area contributed by atoms with Gasteiger partial charge in [-0.2, -0.15) is 0 Å². The smallest absolute Gasteiger partial charge is 0.410 e. The maximum Gasteiger partial charge on any atom is 0.410 e. The van der Waals surface area contributed by atoms with Crippen molar-refractivity contribution in [3.8, 4) is 0 Å². The number of nitrogens with zero attached hydrogens (tertiary/aromatic N) is 2. The number of pyridine rings is 1. The van der Waals surface area contributed by atoms with Crippen molar-refractivity contribution in [1.82, 2.24) is 15.3 Å². The van der Waals surface area contributed by atoms with E-state index in [0.29, 0.717) is 18.9 Å². The number of carbonyl (C=O) groups excluding carboxylic acids is 2. The molecule has 2 heterocycles. The van der Waals surface area contributed by atoms with E-state index < -0.39 is 5.60 Å². The Morgan fingerprint density at radius 2 is 1.92 bits per heavy atom. The van der Waals surface area contributed by atoms with Gasteiger partial charge in [0.25, 0.3) is 0 Å². The highest BCUT2D eigenvalue weighted by molar-refractivity contribution is 5.84. The molecule has 1 aromatic rings. The molecule has 0 bridgehead atoms. The van der Waals surface area contributed by atoms with Gasteiger partial charge in [0.1, 0.15) is 11.4 Å². The summed E-state index contributed by atoms with van der Waals surface area (Å²) >= 11 is 0. The van der Waals surface area contributed by atoms with E-state index in [1.165, 1.54) is 0 Å². The van der Waals surface area contributed by atoms with Gasteiger partial charge in [0.2, 0.25) is 5.91 Å². The third-order valence-corrected chi connectivity index (χ3v) is 4.37. The summed E-state index contributed by atoms with van der Waals surface area (Å²) in [6.07, 6.45) is 1.44. The summed E-state index contributed by atoms with van der Waals surface area (Å²) < 4.78 is 5.37. The number of aromatic nitrogens is 1. The van der Waals surface area contributed by atoms with Crippen LogP contribution in [0.25, 0.3) is 0 Å². The maximum atomic E-state index is 12.2. The van der Waals surface area contributed by atoms with Crippen molar-refractivity contribution in [2.75, 3.05) is 18.5 Å². The van der Waals surface area contributed by atoms with Gasteiger partial charge in [0.15, 0.2) is 0 Å². The highest BCUT2D eigenvalue weighted by Gasteiger charge is 2.60. The van der Waals surface area contributed by atoms with Crippen molar-refractivity contribution in [2.24, 2.45) is 17.8 Å². The van der Waals surface area contributed by atoms with Gasteiger partial charge in [-0.25, -0.2) is 9.78 Å². The fraction of sp³-hybridized carbons (Fsp3) is 0.588. The molecule has 2 fully saturated rings. The zero-order chi connectivity index (χ0) is 17.5. The Kier molecular flexibility index (Phi) is 4.11. The van der Waals surface area contributed by atoms with E-state index in [1.807, 2.05) is 39.8 Å². The number of piperidine rings is 1. The normalized spacial score (nSPS) is 25.0. The third kappa shape index (κ3) is 3.60. The molecule has 0 aromatic carbocycles. The van der Waals surface area contributed by atoms with Gasteiger partial charge in [-0.3, -0.25) is 15.6 Å². The highest BCUT2D eigenvalue weighted by atomic mass is 16.6. The summed E-state index contributed by atoms with van der Waals surface area (Å²) in [6, 6.07) is 3.74. The van der Waals surface area contributed by atoms with Crippen LogP contribution in [0, 0.1) is 24.7 Å². The SMILES string of the molecule is Cc1ccc(NNC(=O)C2C3CN(C(=O)OC(C)(C)C)CC32)nc1. The summed E-state index contributed by atoms with van der Waals surface area (Å²) in [5, 5.41) is 0. The monoisotopic (exact) mass is 332 g/mol. The molecule has 1 saturated carbocycles. The zero-order valence-electron chi connectivity index (χ0n) is 14.5. The largest absolute Gasteiger partial charge is 0.444 e. The lowest BCUT2D eigenvalue weighted by atomic mass is 10.2. The first-order valence-corrected chi connectivity index (χ1v) is 8.21. The molecule has 1 saturated heterocycles. The first-order chi connectivity index (χ1) is 11.2. The zero-order valence-corrected chi connectivity index (χ0v) is 14.5. The molecule has 2 N–H and O–H groups in total. The van der Waals surface area contributed by atoms with E-state index in [1.54, 1.807) is 11.1 Å². The predicted molar refractivity (Wildman–Crippen MR) is 89.0 cm³/mol. The highest BCUT2D eigenvalue weighted by Crippen LogP contribution is 2.51. The van der Waals surface area contributed by atoms with Gasteiger partial charge in [0.05, 0.1) is 0 Å². The molecule has 3 rings (SSSR count). The van der Waals surface area contributed by atoms with Crippen molar-refractivity contribution in [2.45, 2.75) is 33.3 Å². The van der Waals surface area contributed by atoms with E-state index in [2.05, 4.69) is 15.8 Å². The number of amides is 2. The van der Waals surface area contributed by atoms with Crippen molar-refractivity contribution < 1.29 is 14.3 Å². The number of ether oxygens (including phenoxy) is 1. The molecule has 1 aromatic heterocycles. The van der Waals surface area contributed by atoms with Gasteiger partial charge in [0, 0.05) is 25.2 Å². The molecular formula is C17H24N4O3. The minimum absolute atomic E-state index is 0.0402. The van der Waals surface area contributed by atoms with Crippen LogP contribution in [-0.2, 0) is 9.53 Å². The Bertz CT molecular complexity index is 626. The number of likely N-dealkylation sites (tertiary alicyclic amines) is 1. The summed E-state index contributed by atoms with van der Waals surface area (Å²) in [6.45, 7) is 8.67. The van der Waals surface area contributed by atoms with Crippen molar-refractivity contribution in [3.05, 3.63) is 23.9 Å². The van der Waals surface area contributed by atoms with Crippen LogP contribution in [0.2, 0.25) is 0 Å². The number of anilines is 1. The Hall–Kier alpha value is -2.31. The Morgan fingerprint density at radius 3 is 2.46 bits per heavy atom. The minimum atomic E-state index is -0.494. The van der Waals surface area contributed by atoms with E-state index in [4.69, 9.17) is 4.74 Å². The first-order valence-electron chi connectivity index (χ1n) is 8.21. The first kappa shape index (κ1) is 16.5. The summed E-state index contributed by atoms with van der Waals surface area (Å²) in [7, 11) is 0. The molecule has 1 aliphatic heterocycles. The van der Waals surface area contributed by atoms with Crippen LogP contribution < -0.4 is 10.9 Å². The Labute approximate surface area is 141 Å². The van der Waals surface area contributed by atoms with Crippen molar-refractivity contribution in [1.29, 1.82) is 0 Å². The molecule has 2 aliphatic rings. The average Bonchev–Trinajstić information content (AvgIpc) is 2.98. The van der Waals surface area contributed by atoms with Crippen molar-refractivity contribution in [3.63, 3.8) is 0 Å². The fourth-order valence-electron chi connectivity index (χ4n) is 3.14. The molecule has 2 amide bonds. The number of rotatable bonds is 3. The van der Waals surface area contributed by atoms with Gasteiger partial charge >= 0.3 is 6.09 Å². The quantitative estimate of drug-likeness (QED) is 0.827. The number of fused-ring (bicyclic) bond motifs is 1. The molecule has 7 heteroatoms. The van der Waals surface area contributed by atoms with Crippen LogP contribution >= 0.6 is 0 Å². The molecular weight excluding hydrogens is 308 g/mol. The van der Waals surface area contributed by atoms with E-state index >= 15 is 0 Å². The van der Waals surface area contributed by atoms with Gasteiger partial charge in [-0.05, 0) is 51.2 Å². The number of hydrazine groups is 1. The minimum Gasteiger partial charge on any atom is -0.444 e. The Morgan fingerprint density at radius 1 is 1.25 bits per heavy atom. The van der Waals surface area contributed by atoms with Crippen LogP contribution in [0.5, 0.6) is 0 Å². The molecule has 0 spiro atoms. The second-order valence-electron chi connectivity index (χ2n) is 7.57. The topological polar surface area (TPSA) is 83.6 Å². The molecule has 130 valence electrons. The second-order valence-corrected chi connectivity index (χ2v) is 7.57. The van der Waals surface area contributed by atoms with Crippen LogP contribution in [0.4, 0.5) is 10.6 Å². The number of hydrogen-bond acceptors (Lipinski definition) is 5. The Balaban J connectivity index is 1.44. The van der Waals surface area contributed by atoms with Crippen LogP contribution in [0.1, 0.15) is 26.3 Å². The number of nitrogens with one attached hydrogen (secondary N) is 2. The standard InChI is InChI=1S/C17H24N4O3/c1-10-5-6-13(18-7-10)19-20-15(22)14-11-8-21(9-12(11)14)16(23)24-17(2,3)4/h5-7,11-12,14H,8-9H2,1-4H3,(H,18,19)(H,20,22). The van der Waals surface area contributed by atoms with Crippen LogP contribution in [0.3, 0.4) is 0 Å². The maximum absolute atomic E-state index is 12.2. The molecule has 2 unspecified atom stereocenters. The summed E-state index contributed by atoms with van der Waals surface area (Å²) in [5.74, 6) is 0.976. The summed E-state index contributed by atoms with van der Waals surface area (Å²) in [5.41, 5.74) is 6.10. The molecule has 2 atom stereocenters. The molecule has 7 nitrogen and oxygen atoms in total. The second kappa shape index (κ2) is 5.96. The van der Waals surface area contributed by atoms with Crippen LogP contribution in [0.15, 0.2) is 18.3 Å². The third-order valence-electron chi connectivity index (χ3n) is 4.37. The van der Waals surface area contributed by atoms with E-state index in [-0.39, 0.29) is 29.8 Å². The van der Waals surface area contributed by atoms with E-state index in [9.17, 15) is 9.59 Å². The number of aryl methyl sites for hydroxylation is 1. The predicted octanol–water partition coefficient (Wildman–Crippen LogP) is 1.95. The van der Waals surface area contributed by atoms with Gasteiger partial charge in [-0.1, -0.05) is 6.07 Å². The van der Waals surface area contributed by atoms with Crippen LogP contribution in [-0.4, -0.2) is 40.6 Å². The molecule has 1 aliphatic carbocycles. The van der Waals surface area contributed by atoms with Gasteiger partial charge < -0.3 is 9.64 Å². The average molecular weight is 332 g/mol. The van der Waals surface area contributed by atoms with Gasteiger partial charge in [-0.15, -0.1) is 0 Å². The lowest BCUT2D eigenvalue weighted by Gasteiger charge is -2.25. The lowest BCUT2D eigenvalue weighted by molar-refractivity contribution is -0.122.